The summed E-state index contributed by atoms with van der Waals surface area (Å²) >= 11 is 0. The zero-order chi connectivity index (χ0) is 15.3. The highest BCUT2D eigenvalue weighted by molar-refractivity contribution is 4.86. The van der Waals surface area contributed by atoms with Crippen molar-refractivity contribution in [1.29, 1.82) is 0 Å². The smallest absolute Gasteiger partial charge is 0.0107 e. The van der Waals surface area contributed by atoms with Crippen LogP contribution < -0.4 is 5.32 Å². The molecule has 2 nitrogen and oxygen atoms in total. The average Bonchev–Trinajstić information content (AvgIpc) is 2.70. The van der Waals surface area contributed by atoms with Crippen LogP contribution in [0.5, 0.6) is 0 Å². The van der Waals surface area contributed by atoms with Gasteiger partial charge >= 0.3 is 0 Å². The van der Waals surface area contributed by atoms with Crippen LogP contribution in [0.2, 0.25) is 0 Å². The third kappa shape index (κ3) is 5.25. The summed E-state index contributed by atoms with van der Waals surface area (Å²) < 4.78 is 0. The van der Waals surface area contributed by atoms with Gasteiger partial charge in [-0.2, -0.15) is 0 Å². The van der Waals surface area contributed by atoms with Gasteiger partial charge in [0.2, 0.25) is 0 Å². The van der Waals surface area contributed by atoms with Crippen molar-refractivity contribution in [3.8, 4) is 0 Å². The Bertz CT molecular complexity index is 294. The number of hydrogen-bond acceptors (Lipinski definition) is 2. The summed E-state index contributed by atoms with van der Waals surface area (Å²) in [6, 6.07) is 0.798. The molecule has 21 heavy (non-hydrogen) atoms. The van der Waals surface area contributed by atoms with Crippen molar-refractivity contribution in [3.05, 3.63) is 0 Å². The zero-order valence-electron chi connectivity index (χ0n) is 15.0. The van der Waals surface area contributed by atoms with Gasteiger partial charge in [-0.15, -0.1) is 0 Å². The molecule has 0 aromatic carbocycles. The number of hydrogen-bond donors (Lipinski definition) is 1. The summed E-state index contributed by atoms with van der Waals surface area (Å²) in [5.74, 6) is 1.82. The van der Waals surface area contributed by atoms with Gasteiger partial charge in [0.05, 0.1) is 0 Å². The summed E-state index contributed by atoms with van der Waals surface area (Å²) in [6.07, 6.45) is 9.79. The molecule has 1 aliphatic carbocycles. The highest BCUT2D eigenvalue weighted by Gasteiger charge is 2.31. The van der Waals surface area contributed by atoms with Crippen LogP contribution in [0.3, 0.4) is 0 Å². The van der Waals surface area contributed by atoms with Crippen molar-refractivity contribution in [2.75, 3.05) is 26.2 Å². The van der Waals surface area contributed by atoms with E-state index in [0.29, 0.717) is 5.41 Å². The van der Waals surface area contributed by atoms with E-state index in [-0.39, 0.29) is 0 Å². The minimum Gasteiger partial charge on any atom is -0.314 e. The molecule has 2 aliphatic rings. The first-order chi connectivity index (χ1) is 10.0. The van der Waals surface area contributed by atoms with Crippen molar-refractivity contribution < 1.29 is 0 Å². The molecule has 1 saturated carbocycles. The first kappa shape index (κ1) is 17.3. The normalized spacial score (nSPS) is 32.3. The number of nitrogens with one attached hydrogen (secondary N) is 1. The number of likely N-dealkylation sites (tertiary alicyclic amines) is 1. The van der Waals surface area contributed by atoms with E-state index in [1.54, 1.807) is 0 Å². The van der Waals surface area contributed by atoms with Crippen molar-refractivity contribution in [2.24, 2.45) is 17.3 Å². The molecular formula is C19H38N2. The molecule has 1 heterocycles. The Kier molecular flexibility index (Phi) is 6.55. The predicted octanol–water partition coefficient (Wildman–Crippen LogP) is 4.30. The maximum absolute atomic E-state index is 3.79. The molecule has 124 valence electrons. The Labute approximate surface area is 133 Å². The first-order valence-corrected chi connectivity index (χ1v) is 9.46. The quantitative estimate of drug-likeness (QED) is 0.813. The largest absolute Gasteiger partial charge is 0.314 e. The summed E-state index contributed by atoms with van der Waals surface area (Å²) in [5.41, 5.74) is 0.495. The lowest BCUT2D eigenvalue weighted by Gasteiger charge is -2.31. The lowest BCUT2D eigenvalue weighted by molar-refractivity contribution is 0.193. The Morgan fingerprint density at radius 3 is 2.52 bits per heavy atom. The van der Waals surface area contributed by atoms with Gasteiger partial charge in [0.25, 0.3) is 0 Å². The molecule has 0 bridgehead atoms. The molecule has 0 radical (unpaired) electrons. The van der Waals surface area contributed by atoms with Gasteiger partial charge in [0.15, 0.2) is 0 Å². The molecule has 1 saturated heterocycles. The highest BCUT2D eigenvalue weighted by atomic mass is 15.1. The predicted molar refractivity (Wildman–Crippen MR) is 92.7 cm³/mol. The maximum atomic E-state index is 3.79. The van der Waals surface area contributed by atoms with Crippen LogP contribution in [0, 0.1) is 17.3 Å². The molecular weight excluding hydrogens is 256 g/mol. The van der Waals surface area contributed by atoms with E-state index in [0.717, 1.165) is 17.9 Å². The molecule has 1 N–H and O–H groups in total. The Morgan fingerprint density at radius 2 is 1.81 bits per heavy atom. The number of nitrogens with zero attached hydrogens (tertiary/aromatic N) is 1. The lowest BCUT2D eigenvalue weighted by atomic mass is 9.77. The van der Waals surface area contributed by atoms with E-state index in [1.807, 2.05) is 0 Å². The minimum absolute atomic E-state index is 0.495. The first-order valence-electron chi connectivity index (χ1n) is 9.46. The zero-order valence-corrected chi connectivity index (χ0v) is 15.0. The molecule has 3 unspecified atom stereocenters. The van der Waals surface area contributed by atoms with Crippen LogP contribution in [-0.4, -0.2) is 37.1 Å². The van der Waals surface area contributed by atoms with E-state index in [4.69, 9.17) is 0 Å². The second-order valence-corrected chi connectivity index (χ2v) is 8.55. The molecule has 0 aromatic rings. The fourth-order valence-corrected chi connectivity index (χ4v) is 4.39. The van der Waals surface area contributed by atoms with Crippen molar-refractivity contribution in [1.82, 2.24) is 10.2 Å². The van der Waals surface area contributed by atoms with Gasteiger partial charge < -0.3 is 10.2 Å². The molecule has 2 rings (SSSR count). The van der Waals surface area contributed by atoms with Gasteiger partial charge in [-0.05, 0) is 75.4 Å². The summed E-state index contributed by atoms with van der Waals surface area (Å²) in [5, 5.41) is 3.79. The van der Waals surface area contributed by atoms with E-state index >= 15 is 0 Å². The van der Waals surface area contributed by atoms with Crippen LogP contribution in [0.1, 0.15) is 72.6 Å². The topological polar surface area (TPSA) is 15.3 Å². The van der Waals surface area contributed by atoms with E-state index in [2.05, 4.69) is 37.9 Å². The van der Waals surface area contributed by atoms with Crippen molar-refractivity contribution in [3.63, 3.8) is 0 Å². The fourth-order valence-electron chi connectivity index (χ4n) is 4.39. The standard InChI is InChI=1S/C19H38N2/c1-5-12-20-18-10-6-8-16(18)15-21-13-7-9-17(11-14-21)19(2,3)4/h16-18,20H,5-15H2,1-4H3. The van der Waals surface area contributed by atoms with Crippen LogP contribution in [-0.2, 0) is 0 Å². The molecule has 2 fully saturated rings. The average molecular weight is 295 g/mol. The van der Waals surface area contributed by atoms with Gasteiger partial charge in [-0.25, -0.2) is 0 Å². The monoisotopic (exact) mass is 294 g/mol. The SMILES string of the molecule is CCCNC1CCCC1CN1CCCC(C(C)(C)C)CC1. The molecule has 0 amide bonds. The molecule has 1 aliphatic heterocycles. The van der Waals surface area contributed by atoms with Crippen LogP contribution >= 0.6 is 0 Å². The van der Waals surface area contributed by atoms with Crippen LogP contribution in [0.15, 0.2) is 0 Å². The minimum atomic E-state index is 0.495. The highest BCUT2D eigenvalue weighted by Crippen LogP contribution is 2.35. The third-order valence-electron chi connectivity index (χ3n) is 5.85. The maximum Gasteiger partial charge on any atom is 0.0107 e. The van der Waals surface area contributed by atoms with E-state index < -0.39 is 0 Å². The van der Waals surface area contributed by atoms with Crippen LogP contribution in [0.25, 0.3) is 0 Å². The lowest BCUT2D eigenvalue weighted by Crippen LogP contribution is -2.40. The third-order valence-corrected chi connectivity index (χ3v) is 5.85. The van der Waals surface area contributed by atoms with Gasteiger partial charge in [-0.1, -0.05) is 34.1 Å². The second-order valence-electron chi connectivity index (χ2n) is 8.55. The summed E-state index contributed by atoms with van der Waals surface area (Å²) in [4.78, 5) is 2.78. The molecule has 2 heteroatoms. The number of rotatable bonds is 5. The van der Waals surface area contributed by atoms with E-state index in [9.17, 15) is 0 Å². The molecule has 3 atom stereocenters. The van der Waals surface area contributed by atoms with Gasteiger partial charge in [0.1, 0.15) is 0 Å². The molecule has 0 spiro atoms. The second kappa shape index (κ2) is 7.97. The van der Waals surface area contributed by atoms with Crippen molar-refractivity contribution >= 4 is 0 Å². The Hall–Kier alpha value is -0.0800. The molecule has 0 aromatic heterocycles. The Balaban J connectivity index is 1.80. The van der Waals surface area contributed by atoms with E-state index in [1.165, 1.54) is 71.1 Å². The van der Waals surface area contributed by atoms with Gasteiger partial charge in [0, 0.05) is 12.6 Å². The van der Waals surface area contributed by atoms with Crippen molar-refractivity contribution in [2.45, 2.75) is 78.7 Å². The Morgan fingerprint density at radius 1 is 1.00 bits per heavy atom. The van der Waals surface area contributed by atoms with Crippen LogP contribution in [0.4, 0.5) is 0 Å². The van der Waals surface area contributed by atoms with Gasteiger partial charge in [-0.3, -0.25) is 0 Å². The summed E-state index contributed by atoms with van der Waals surface area (Å²) in [7, 11) is 0. The fraction of sp³-hybridized carbons (Fsp3) is 1.00. The summed E-state index contributed by atoms with van der Waals surface area (Å²) in [6.45, 7) is 14.8.